The van der Waals surface area contributed by atoms with Crippen molar-refractivity contribution in [2.75, 3.05) is 12.3 Å². The van der Waals surface area contributed by atoms with Gasteiger partial charge in [-0.15, -0.1) is 0 Å². The summed E-state index contributed by atoms with van der Waals surface area (Å²) in [5.74, 6) is 1.07. The van der Waals surface area contributed by atoms with Gasteiger partial charge in [0.2, 0.25) is 5.82 Å². The number of benzene rings is 1. The molecule has 2 aromatic rings. The van der Waals surface area contributed by atoms with Crippen molar-refractivity contribution < 1.29 is 9.26 Å². The molecule has 102 valence electrons. The molecule has 0 aliphatic heterocycles. The van der Waals surface area contributed by atoms with Gasteiger partial charge in [-0.2, -0.15) is 4.98 Å². The van der Waals surface area contributed by atoms with E-state index in [4.69, 9.17) is 15.0 Å². The Morgan fingerprint density at radius 3 is 2.84 bits per heavy atom. The molecule has 2 rings (SSSR count). The molecule has 19 heavy (non-hydrogen) atoms. The van der Waals surface area contributed by atoms with E-state index in [-0.39, 0.29) is 6.10 Å². The average Bonchev–Trinajstić information content (AvgIpc) is 2.88. The fourth-order valence-electron chi connectivity index (χ4n) is 1.94. The molecule has 0 fully saturated rings. The predicted molar refractivity (Wildman–Crippen MR) is 73.5 cm³/mol. The molecule has 1 aromatic carbocycles. The third-order valence-corrected chi connectivity index (χ3v) is 3.07. The Balaban J connectivity index is 2.32. The lowest BCUT2D eigenvalue weighted by atomic mass is 10.1. The van der Waals surface area contributed by atoms with Gasteiger partial charge in [0.25, 0.3) is 5.89 Å². The number of hydrogen-bond acceptors (Lipinski definition) is 5. The van der Waals surface area contributed by atoms with Crippen LogP contribution in [0.2, 0.25) is 0 Å². The van der Waals surface area contributed by atoms with Gasteiger partial charge < -0.3 is 15.0 Å². The van der Waals surface area contributed by atoms with Crippen LogP contribution in [0.1, 0.15) is 37.8 Å². The summed E-state index contributed by atoms with van der Waals surface area (Å²) >= 11 is 0. The first kappa shape index (κ1) is 13.5. The fraction of sp³-hybridized carbons (Fsp3) is 0.429. The number of anilines is 1. The Hall–Kier alpha value is -1.88. The normalized spacial score (nSPS) is 12.6. The van der Waals surface area contributed by atoms with E-state index in [1.54, 1.807) is 0 Å². The minimum Gasteiger partial charge on any atom is -0.398 e. The molecule has 0 bridgehead atoms. The molecule has 1 atom stereocenters. The van der Waals surface area contributed by atoms with E-state index in [2.05, 4.69) is 10.1 Å². The second kappa shape index (κ2) is 5.84. The first-order valence-electron chi connectivity index (χ1n) is 6.48. The lowest BCUT2D eigenvalue weighted by Gasteiger charge is -2.09. The van der Waals surface area contributed by atoms with Crippen molar-refractivity contribution in [1.29, 1.82) is 0 Å². The highest BCUT2D eigenvalue weighted by Crippen LogP contribution is 2.27. The quantitative estimate of drug-likeness (QED) is 0.837. The molecular weight excluding hydrogens is 242 g/mol. The van der Waals surface area contributed by atoms with Crippen molar-refractivity contribution >= 4 is 5.69 Å². The molecule has 0 spiro atoms. The maximum absolute atomic E-state index is 5.88. The Morgan fingerprint density at radius 2 is 2.16 bits per heavy atom. The molecule has 1 unspecified atom stereocenters. The molecule has 1 aromatic heterocycles. The van der Waals surface area contributed by atoms with Crippen LogP contribution in [0, 0.1) is 6.92 Å². The highest BCUT2D eigenvalue weighted by Gasteiger charge is 2.18. The SMILES string of the molecule is CCOC(CC)c1noc(-c2cccc(N)c2C)n1. The topological polar surface area (TPSA) is 74.2 Å². The van der Waals surface area contributed by atoms with Crippen LogP contribution < -0.4 is 5.73 Å². The Labute approximate surface area is 112 Å². The number of aromatic nitrogens is 2. The van der Waals surface area contributed by atoms with E-state index in [1.807, 2.05) is 39.0 Å². The van der Waals surface area contributed by atoms with Crippen molar-refractivity contribution in [3.05, 3.63) is 29.6 Å². The van der Waals surface area contributed by atoms with E-state index < -0.39 is 0 Å². The van der Waals surface area contributed by atoms with Crippen LogP contribution in [-0.2, 0) is 4.74 Å². The number of rotatable bonds is 5. The van der Waals surface area contributed by atoms with Gasteiger partial charge >= 0.3 is 0 Å². The Kier molecular flexibility index (Phi) is 4.16. The maximum Gasteiger partial charge on any atom is 0.258 e. The van der Waals surface area contributed by atoms with Gasteiger partial charge in [0.15, 0.2) is 0 Å². The number of nitrogens with zero attached hydrogens (tertiary/aromatic N) is 2. The second-order valence-electron chi connectivity index (χ2n) is 4.33. The van der Waals surface area contributed by atoms with Gasteiger partial charge in [-0.3, -0.25) is 0 Å². The smallest absolute Gasteiger partial charge is 0.258 e. The van der Waals surface area contributed by atoms with E-state index in [1.165, 1.54) is 0 Å². The maximum atomic E-state index is 5.88. The summed E-state index contributed by atoms with van der Waals surface area (Å²) in [6.45, 7) is 6.54. The summed E-state index contributed by atoms with van der Waals surface area (Å²) in [5.41, 5.74) is 8.41. The van der Waals surface area contributed by atoms with Crippen LogP contribution in [0.5, 0.6) is 0 Å². The zero-order chi connectivity index (χ0) is 13.8. The van der Waals surface area contributed by atoms with E-state index in [0.717, 1.165) is 17.5 Å². The molecule has 0 aliphatic rings. The fourth-order valence-corrected chi connectivity index (χ4v) is 1.94. The van der Waals surface area contributed by atoms with Crippen LogP contribution in [0.3, 0.4) is 0 Å². The predicted octanol–water partition coefficient (Wildman–Crippen LogP) is 3.11. The third-order valence-electron chi connectivity index (χ3n) is 3.07. The first-order chi connectivity index (χ1) is 9.17. The summed E-state index contributed by atoms with van der Waals surface area (Å²) in [6.07, 6.45) is 0.687. The zero-order valence-electron chi connectivity index (χ0n) is 11.5. The summed E-state index contributed by atoms with van der Waals surface area (Å²) in [6, 6.07) is 5.65. The minimum absolute atomic E-state index is 0.121. The number of nitrogen functional groups attached to an aromatic ring is 1. The average molecular weight is 261 g/mol. The van der Waals surface area contributed by atoms with Crippen molar-refractivity contribution in [1.82, 2.24) is 10.1 Å². The van der Waals surface area contributed by atoms with Gasteiger partial charge in [0.1, 0.15) is 6.10 Å². The standard InChI is InChI=1S/C14H19N3O2/c1-4-12(18-5-2)13-16-14(19-17-13)10-7-6-8-11(15)9(10)3/h6-8,12H,4-5,15H2,1-3H3. The van der Waals surface area contributed by atoms with Crippen LogP contribution in [0.25, 0.3) is 11.5 Å². The van der Waals surface area contributed by atoms with Crippen molar-refractivity contribution in [2.24, 2.45) is 0 Å². The number of nitrogens with two attached hydrogens (primary N) is 1. The van der Waals surface area contributed by atoms with E-state index in [9.17, 15) is 0 Å². The molecule has 0 amide bonds. The molecule has 0 radical (unpaired) electrons. The minimum atomic E-state index is -0.121. The Bertz CT molecular complexity index is 551. The molecule has 2 N–H and O–H groups in total. The van der Waals surface area contributed by atoms with Gasteiger partial charge in [-0.05, 0) is 38.0 Å². The van der Waals surface area contributed by atoms with Crippen LogP contribution in [-0.4, -0.2) is 16.7 Å². The number of ether oxygens (including phenoxy) is 1. The lowest BCUT2D eigenvalue weighted by Crippen LogP contribution is -2.04. The zero-order valence-corrected chi connectivity index (χ0v) is 11.5. The van der Waals surface area contributed by atoms with Crippen LogP contribution in [0.4, 0.5) is 5.69 Å². The summed E-state index contributed by atoms with van der Waals surface area (Å²) in [5, 5.41) is 4.00. The lowest BCUT2D eigenvalue weighted by molar-refractivity contribution is 0.0518. The third kappa shape index (κ3) is 2.76. The van der Waals surface area contributed by atoms with Crippen molar-refractivity contribution in [3.63, 3.8) is 0 Å². The van der Waals surface area contributed by atoms with E-state index in [0.29, 0.717) is 24.0 Å². The van der Waals surface area contributed by atoms with Gasteiger partial charge in [0.05, 0.1) is 0 Å². The number of hydrogen-bond donors (Lipinski definition) is 1. The summed E-state index contributed by atoms with van der Waals surface area (Å²) < 4.78 is 10.9. The molecule has 5 heteroatoms. The van der Waals surface area contributed by atoms with Gasteiger partial charge in [0, 0.05) is 17.9 Å². The first-order valence-corrected chi connectivity index (χ1v) is 6.48. The van der Waals surface area contributed by atoms with E-state index >= 15 is 0 Å². The highest BCUT2D eigenvalue weighted by molar-refractivity contribution is 5.66. The second-order valence-corrected chi connectivity index (χ2v) is 4.33. The van der Waals surface area contributed by atoms with Crippen LogP contribution >= 0.6 is 0 Å². The summed E-state index contributed by atoms with van der Waals surface area (Å²) in [7, 11) is 0. The molecular formula is C14H19N3O2. The Morgan fingerprint density at radius 1 is 1.37 bits per heavy atom. The monoisotopic (exact) mass is 261 g/mol. The highest BCUT2D eigenvalue weighted by atomic mass is 16.5. The summed E-state index contributed by atoms with van der Waals surface area (Å²) in [4.78, 5) is 4.41. The molecule has 0 saturated carbocycles. The van der Waals surface area contributed by atoms with Gasteiger partial charge in [-0.1, -0.05) is 18.1 Å². The van der Waals surface area contributed by atoms with Crippen molar-refractivity contribution in [3.8, 4) is 11.5 Å². The van der Waals surface area contributed by atoms with Crippen molar-refractivity contribution in [2.45, 2.75) is 33.3 Å². The molecule has 0 aliphatic carbocycles. The van der Waals surface area contributed by atoms with Gasteiger partial charge in [-0.25, -0.2) is 0 Å². The molecule has 1 heterocycles. The molecule has 5 nitrogen and oxygen atoms in total. The van der Waals surface area contributed by atoms with Crippen LogP contribution in [0.15, 0.2) is 22.7 Å². The largest absolute Gasteiger partial charge is 0.398 e. The molecule has 0 saturated heterocycles.